The second-order valence-electron chi connectivity index (χ2n) is 8.22. The van der Waals surface area contributed by atoms with Crippen molar-refractivity contribution < 1.29 is 18.7 Å². The molecule has 3 aromatic rings. The zero-order valence-electron chi connectivity index (χ0n) is 18.0. The summed E-state index contributed by atoms with van der Waals surface area (Å²) in [5.74, 6) is 2.13. The summed E-state index contributed by atoms with van der Waals surface area (Å²) < 4.78 is 16.7. The van der Waals surface area contributed by atoms with Crippen molar-refractivity contribution in [1.82, 2.24) is 4.90 Å². The number of nitrogens with one attached hydrogen (secondary N) is 1. The molecule has 3 heterocycles. The maximum Gasteiger partial charge on any atom is 0.318 e. The Morgan fingerprint density at radius 1 is 1.00 bits per heavy atom. The molecule has 32 heavy (non-hydrogen) atoms. The van der Waals surface area contributed by atoms with E-state index < -0.39 is 6.03 Å². The SMILES string of the molecule is NC(=O)Nc1oc2ccccc2c1CCCCN1CCN(c2ccc3c(c2)OCO3)CC1. The average molecular weight is 437 g/mol. The van der Waals surface area contributed by atoms with Crippen molar-refractivity contribution in [3.8, 4) is 11.5 Å². The molecule has 2 aliphatic heterocycles. The Hall–Kier alpha value is -3.39. The number of fused-ring (bicyclic) bond motifs is 2. The first-order chi connectivity index (χ1) is 15.7. The predicted molar refractivity (Wildman–Crippen MR) is 124 cm³/mol. The number of primary amides is 1. The fourth-order valence-electron chi connectivity index (χ4n) is 4.51. The van der Waals surface area contributed by atoms with Crippen molar-refractivity contribution in [1.29, 1.82) is 0 Å². The van der Waals surface area contributed by atoms with Crippen molar-refractivity contribution in [2.45, 2.75) is 19.3 Å². The first-order valence-electron chi connectivity index (χ1n) is 11.1. The number of piperazine rings is 1. The predicted octanol–water partition coefficient (Wildman–Crippen LogP) is 3.80. The van der Waals surface area contributed by atoms with E-state index in [2.05, 4.69) is 27.2 Å². The van der Waals surface area contributed by atoms with Gasteiger partial charge in [0.1, 0.15) is 5.58 Å². The number of aryl methyl sites for hydroxylation is 1. The molecule has 0 saturated carbocycles. The molecule has 5 rings (SSSR count). The van der Waals surface area contributed by atoms with E-state index in [-0.39, 0.29) is 0 Å². The van der Waals surface area contributed by atoms with Gasteiger partial charge in [-0.15, -0.1) is 0 Å². The van der Waals surface area contributed by atoms with Crippen LogP contribution in [0, 0.1) is 0 Å². The summed E-state index contributed by atoms with van der Waals surface area (Å²) in [4.78, 5) is 16.3. The van der Waals surface area contributed by atoms with E-state index in [1.807, 2.05) is 30.3 Å². The highest BCUT2D eigenvalue weighted by atomic mass is 16.7. The molecule has 0 atom stereocenters. The van der Waals surface area contributed by atoms with E-state index in [0.29, 0.717) is 12.7 Å². The average Bonchev–Trinajstić information content (AvgIpc) is 3.40. The van der Waals surface area contributed by atoms with Gasteiger partial charge in [-0.3, -0.25) is 10.2 Å². The summed E-state index contributed by atoms with van der Waals surface area (Å²) >= 11 is 0. The second kappa shape index (κ2) is 9.00. The van der Waals surface area contributed by atoms with Crippen LogP contribution in [0.4, 0.5) is 16.4 Å². The van der Waals surface area contributed by atoms with Crippen molar-refractivity contribution in [2.24, 2.45) is 5.73 Å². The summed E-state index contributed by atoms with van der Waals surface area (Å²) in [6.07, 6.45) is 2.93. The zero-order valence-corrected chi connectivity index (χ0v) is 18.0. The second-order valence-corrected chi connectivity index (χ2v) is 8.22. The van der Waals surface area contributed by atoms with Crippen molar-refractivity contribution in [3.05, 3.63) is 48.0 Å². The molecule has 2 aromatic carbocycles. The fraction of sp³-hybridized carbons (Fsp3) is 0.375. The summed E-state index contributed by atoms with van der Waals surface area (Å²) in [6.45, 7) is 5.44. The van der Waals surface area contributed by atoms with Crippen LogP contribution in [-0.2, 0) is 6.42 Å². The van der Waals surface area contributed by atoms with Gasteiger partial charge in [0.15, 0.2) is 11.5 Å². The number of para-hydroxylation sites is 1. The van der Waals surface area contributed by atoms with E-state index in [1.165, 1.54) is 5.69 Å². The van der Waals surface area contributed by atoms with Gasteiger partial charge in [0.2, 0.25) is 12.7 Å². The number of carbonyl (C=O) groups is 1. The molecule has 1 saturated heterocycles. The number of amides is 2. The number of urea groups is 1. The van der Waals surface area contributed by atoms with Crippen LogP contribution in [0.15, 0.2) is 46.9 Å². The maximum atomic E-state index is 11.3. The molecule has 2 amide bonds. The largest absolute Gasteiger partial charge is 0.454 e. The number of ether oxygens (including phenoxy) is 2. The van der Waals surface area contributed by atoms with Gasteiger partial charge in [-0.1, -0.05) is 18.2 Å². The molecule has 8 heteroatoms. The Morgan fingerprint density at radius 2 is 1.81 bits per heavy atom. The first-order valence-corrected chi connectivity index (χ1v) is 11.1. The minimum Gasteiger partial charge on any atom is -0.454 e. The van der Waals surface area contributed by atoms with Crippen LogP contribution in [0.1, 0.15) is 18.4 Å². The molecular weight excluding hydrogens is 408 g/mol. The van der Waals surface area contributed by atoms with Gasteiger partial charge in [0.05, 0.1) is 0 Å². The van der Waals surface area contributed by atoms with Gasteiger partial charge in [0, 0.05) is 48.9 Å². The number of carbonyl (C=O) groups excluding carboxylic acids is 1. The van der Waals surface area contributed by atoms with E-state index in [9.17, 15) is 4.79 Å². The molecule has 8 nitrogen and oxygen atoms in total. The standard InChI is InChI=1S/C24H28N4O4/c25-24(29)26-23-19(18-5-1-2-7-20(18)32-23)6-3-4-10-27-11-13-28(14-12-27)17-8-9-21-22(15-17)31-16-30-21/h1-2,5,7-9,15H,3-4,6,10-14,16H2,(H3,25,26,29). The molecule has 168 valence electrons. The molecule has 0 unspecified atom stereocenters. The Balaban J connectivity index is 1.11. The molecule has 0 spiro atoms. The van der Waals surface area contributed by atoms with Gasteiger partial charge >= 0.3 is 6.03 Å². The van der Waals surface area contributed by atoms with Crippen LogP contribution >= 0.6 is 0 Å². The number of furan rings is 1. The Morgan fingerprint density at radius 3 is 2.66 bits per heavy atom. The maximum absolute atomic E-state index is 11.3. The van der Waals surface area contributed by atoms with E-state index in [1.54, 1.807) is 0 Å². The van der Waals surface area contributed by atoms with Gasteiger partial charge < -0.3 is 24.5 Å². The number of hydrogen-bond donors (Lipinski definition) is 2. The van der Waals surface area contributed by atoms with Crippen molar-refractivity contribution in [3.63, 3.8) is 0 Å². The summed E-state index contributed by atoms with van der Waals surface area (Å²) in [7, 11) is 0. The normalized spacial score (nSPS) is 15.9. The van der Waals surface area contributed by atoms with Crippen molar-refractivity contribution in [2.75, 3.05) is 49.7 Å². The quantitative estimate of drug-likeness (QED) is 0.548. The summed E-state index contributed by atoms with van der Waals surface area (Å²) in [5, 5.41) is 3.66. The third kappa shape index (κ3) is 4.31. The lowest BCUT2D eigenvalue weighted by Crippen LogP contribution is -2.46. The lowest BCUT2D eigenvalue weighted by Gasteiger charge is -2.36. The van der Waals surface area contributed by atoms with E-state index >= 15 is 0 Å². The summed E-state index contributed by atoms with van der Waals surface area (Å²) in [6, 6.07) is 13.4. The number of benzene rings is 2. The van der Waals surface area contributed by atoms with Crippen LogP contribution in [0.5, 0.6) is 11.5 Å². The van der Waals surface area contributed by atoms with Gasteiger partial charge in [-0.05, 0) is 44.0 Å². The van der Waals surface area contributed by atoms with Gasteiger partial charge in [-0.25, -0.2) is 4.79 Å². The van der Waals surface area contributed by atoms with E-state index in [0.717, 1.165) is 80.0 Å². The van der Waals surface area contributed by atoms with Crippen LogP contribution in [0.25, 0.3) is 11.0 Å². The highest BCUT2D eigenvalue weighted by molar-refractivity contribution is 5.93. The molecule has 0 aliphatic carbocycles. The molecular formula is C24H28N4O4. The topological polar surface area (TPSA) is 93.2 Å². The number of rotatable bonds is 7. The smallest absolute Gasteiger partial charge is 0.318 e. The van der Waals surface area contributed by atoms with E-state index in [4.69, 9.17) is 19.6 Å². The molecule has 3 N–H and O–H groups in total. The number of anilines is 2. The Kier molecular flexibility index (Phi) is 5.77. The number of nitrogens with zero attached hydrogens (tertiary/aromatic N) is 2. The number of hydrogen-bond acceptors (Lipinski definition) is 6. The van der Waals surface area contributed by atoms with Gasteiger partial charge in [0.25, 0.3) is 0 Å². The lowest BCUT2D eigenvalue weighted by molar-refractivity contribution is 0.174. The highest BCUT2D eigenvalue weighted by Crippen LogP contribution is 2.36. The number of unbranched alkanes of at least 4 members (excludes halogenated alkanes) is 1. The monoisotopic (exact) mass is 436 g/mol. The molecule has 0 bridgehead atoms. The van der Waals surface area contributed by atoms with Crippen molar-refractivity contribution >= 4 is 28.6 Å². The Labute approximate surface area is 186 Å². The highest BCUT2D eigenvalue weighted by Gasteiger charge is 2.20. The molecule has 0 radical (unpaired) electrons. The third-order valence-corrected chi connectivity index (χ3v) is 6.18. The minimum atomic E-state index is -0.606. The number of nitrogens with two attached hydrogens (primary N) is 1. The van der Waals surface area contributed by atoms with Gasteiger partial charge in [-0.2, -0.15) is 0 Å². The van der Waals surface area contributed by atoms with Crippen LogP contribution < -0.4 is 25.4 Å². The van der Waals surface area contributed by atoms with Crippen LogP contribution in [0.3, 0.4) is 0 Å². The lowest BCUT2D eigenvalue weighted by atomic mass is 10.1. The fourth-order valence-corrected chi connectivity index (χ4v) is 4.51. The Bertz CT molecular complexity index is 1100. The molecule has 1 fully saturated rings. The van der Waals surface area contributed by atoms with Crippen LogP contribution in [-0.4, -0.2) is 50.4 Å². The van der Waals surface area contributed by atoms with Crippen LogP contribution in [0.2, 0.25) is 0 Å². The molecule has 2 aliphatic rings. The molecule has 1 aromatic heterocycles. The third-order valence-electron chi connectivity index (χ3n) is 6.18. The minimum absolute atomic E-state index is 0.307. The summed E-state index contributed by atoms with van der Waals surface area (Å²) in [5.41, 5.74) is 8.29. The zero-order chi connectivity index (χ0) is 21.9. The first kappa shape index (κ1) is 20.5.